The molecule has 1 saturated heterocycles. The highest BCUT2D eigenvalue weighted by Crippen LogP contribution is 2.21. The first-order valence-electron chi connectivity index (χ1n) is 9.85. The standard InChI is InChI=1S/C21H26N6O/c1-17(28)27(14-18-11-22-16-23-12-18)19-5-4-8-25(10-7-19)15-20-13-24-21-6-2-3-9-26(20)21/h2-3,6,9,11-13,16,19H,4-5,7-8,10,14-15H2,1H3. The van der Waals surface area contributed by atoms with E-state index in [2.05, 4.69) is 30.4 Å². The quantitative estimate of drug-likeness (QED) is 0.683. The van der Waals surface area contributed by atoms with Crippen molar-refractivity contribution in [2.45, 2.75) is 45.3 Å². The summed E-state index contributed by atoms with van der Waals surface area (Å²) in [4.78, 5) is 29.4. The molecule has 4 rings (SSSR count). The van der Waals surface area contributed by atoms with Crippen molar-refractivity contribution in [1.29, 1.82) is 0 Å². The molecule has 0 aliphatic carbocycles. The normalized spacial score (nSPS) is 18.1. The summed E-state index contributed by atoms with van der Waals surface area (Å²) >= 11 is 0. The van der Waals surface area contributed by atoms with E-state index in [1.807, 2.05) is 29.3 Å². The van der Waals surface area contributed by atoms with Gasteiger partial charge in [0.2, 0.25) is 5.91 Å². The molecule has 0 spiro atoms. The molecule has 0 radical (unpaired) electrons. The highest BCUT2D eigenvalue weighted by molar-refractivity contribution is 5.73. The van der Waals surface area contributed by atoms with Crippen LogP contribution in [-0.2, 0) is 17.9 Å². The molecule has 1 amide bonds. The number of carbonyl (C=O) groups is 1. The Morgan fingerprint density at radius 3 is 2.86 bits per heavy atom. The van der Waals surface area contributed by atoms with E-state index in [1.165, 1.54) is 12.0 Å². The largest absolute Gasteiger partial charge is 0.335 e. The molecule has 1 aliphatic heterocycles. The van der Waals surface area contributed by atoms with E-state index in [0.717, 1.165) is 50.1 Å². The summed E-state index contributed by atoms with van der Waals surface area (Å²) in [5, 5.41) is 0. The Bertz CT molecular complexity index is 925. The van der Waals surface area contributed by atoms with Crippen LogP contribution in [-0.4, -0.2) is 54.2 Å². The van der Waals surface area contributed by atoms with Crippen molar-refractivity contribution < 1.29 is 4.79 Å². The van der Waals surface area contributed by atoms with Gasteiger partial charge >= 0.3 is 0 Å². The van der Waals surface area contributed by atoms with Crippen LogP contribution in [0.15, 0.2) is 49.3 Å². The molecular formula is C21H26N6O. The Balaban J connectivity index is 1.41. The molecule has 146 valence electrons. The number of nitrogens with zero attached hydrogens (tertiary/aromatic N) is 6. The molecule has 0 bridgehead atoms. The fourth-order valence-corrected chi connectivity index (χ4v) is 4.04. The molecule has 1 atom stereocenters. The minimum atomic E-state index is 0.115. The number of hydrogen-bond acceptors (Lipinski definition) is 5. The molecular weight excluding hydrogens is 352 g/mol. The third-order valence-corrected chi connectivity index (χ3v) is 5.48. The number of carbonyl (C=O) groups excluding carboxylic acids is 1. The predicted molar refractivity (Wildman–Crippen MR) is 106 cm³/mol. The number of amides is 1. The van der Waals surface area contributed by atoms with E-state index in [-0.39, 0.29) is 11.9 Å². The molecule has 3 aromatic rings. The van der Waals surface area contributed by atoms with Crippen molar-refractivity contribution in [1.82, 2.24) is 29.2 Å². The Morgan fingerprint density at radius 2 is 2.04 bits per heavy atom. The average Bonchev–Trinajstić information content (AvgIpc) is 2.97. The molecule has 7 nitrogen and oxygen atoms in total. The van der Waals surface area contributed by atoms with Gasteiger partial charge in [-0.3, -0.25) is 9.69 Å². The Morgan fingerprint density at radius 1 is 1.18 bits per heavy atom. The first kappa shape index (κ1) is 18.6. The summed E-state index contributed by atoms with van der Waals surface area (Å²) in [5.74, 6) is 0.115. The van der Waals surface area contributed by atoms with Gasteiger partial charge in [-0.05, 0) is 37.9 Å². The van der Waals surface area contributed by atoms with Crippen LogP contribution in [0.3, 0.4) is 0 Å². The number of likely N-dealkylation sites (tertiary alicyclic amines) is 1. The number of pyridine rings is 1. The summed E-state index contributed by atoms with van der Waals surface area (Å²) in [6.45, 7) is 5.13. The van der Waals surface area contributed by atoms with E-state index in [9.17, 15) is 4.79 Å². The van der Waals surface area contributed by atoms with E-state index in [4.69, 9.17) is 0 Å². The lowest BCUT2D eigenvalue weighted by molar-refractivity contribution is -0.132. The lowest BCUT2D eigenvalue weighted by Crippen LogP contribution is -2.39. The van der Waals surface area contributed by atoms with Crippen LogP contribution in [0.5, 0.6) is 0 Å². The number of rotatable bonds is 5. The Kier molecular flexibility index (Phi) is 5.62. The van der Waals surface area contributed by atoms with Gasteiger partial charge in [0.25, 0.3) is 0 Å². The lowest BCUT2D eigenvalue weighted by atomic mass is 10.1. The molecule has 0 N–H and O–H groups in total. The predicted octanol–water partition coefficient (Wildman–Crippen LogP) is 2.53. The monoisotopic (exact) mass is 378 g/mol. The Labute approximate surface area is 165 Å². The third-order valence-electron chi connectivity index (χ3n) is 5.48. The maximum atomic E-state index is 12.3. The van der Waals surface area contributed by atoms with Crippen molar-refractivity contribution in [3.63, 3.8) is 0 Å². The summed E-state index contributed by atoms with van der Waals surface area (Å²) in [7, 11) is 0. The molecule has 1 unspecified atom stereocenters. The van der Waals surface area contributed by atoms with Gasteiger partial charge in [0.05, 0.1) is 11.9 Å². The molecule has 0 saturated carbocycles. The van der Waals surface area contributed by atoms with Gasteiger partial charge in [0, 0.05) is 56.8 Å². The van der Waals surface area contributed by atoms with Gasteiger partial charge in [-0.15, -0.1) is 0 Å². The zero-order chi connectivity index (χ0) is 19.3. The van der Waals surface area contributed by atoms with E-state index in [1.54, 1.807) is 19.3 Å². The van der Waals surface area contributed by atoms with Crippen molar-refractivity contribution in [3.8, 4) is 0 Å². The number of aromatic nitrogens is 4. The van der Waals surface area contributed by atoms with Crippen LogP contribution in [0.25, 0.3) is 5.65 Å². The van der Waals surface area contributed by atoms with E-state index in [0.29, 0.717) is 6.54 Å². The topological polar surface area (TPSA) is 66.6 Å². The molecule has 1 fully saturated rings. The highest BCUT2D eigenvalue weighted by atomic mass is 16.2. The zero-order valence-electron chi connectivity index (χ0n) is 16.2. The average molecular weight is 378 g/mol. The number of hydrogen-bond donors (Lipinski definition) is 0. The fraction of sp³-hybridized carbons (Fsp3) is 0.429. The molecule has 3 aromatic heterocycles. The van der Waals surface area contributed by atoms with Crippen molar-refractivity contribution >= 4 is 11.6 Å². The SMILES string of the molecule is CC(=O)N(Cc1cncnc1)C1CCCN(Cc2cnc3ccccn23)CC1. The van der Waals surface area contributed by atoms with Crippen LogP contribution in [0.2, 0.25) is 0 Å². The summed E-state index contributed by atoms with van der Waals surface area (Å²) < 4.78 is 2.15. The van der Waals surface area contributed by atoms with Gasteiger partial charge in [-0.2, -0.15) is 0 Å². The fourth-order valence-electron chi connectivity index (χ4n) is 4.04. The summed E-state index contributed by atoms with van der Waals surface area (Å²) in [6.07, 6.45) is 12.2. The minimum Gasteiger partial charge on any atom is -0.335 e. The van der Waals surface area contributed by atoms with Crippen molar-refractivity contribution in [3.05, 3.63) is 60.6 Å². The van der Waals surface area contributed by atoms with Gasteiger partial charge < -0.3 is 9.30 Å². The van der Waals surface area contributed by atoms with E-state index < -0.39 is 0 Å². The summed E-state index contributed by atoms with van der Waals surface area (Å²) in [5.41, 5.74) is 3.17. The molecule has 1 aliphatic rings. The first-order valence-corrected chi connectivity index (χ1v) is 9.85. The molecule has 28 heavy (non-hydrogen) atoms. The van der Waals surface area contributed by atoms with Gasteiger partial charge in [-0.1, -0.05) is 6.07 Å². The molecule has 4 heterocycles. The van der Waals surface area contributed by atoms with Crippen LogP contribution in [0, 0.1) is 0 Å². The molecule has 7 heteroatoms. The maximum absolute atomic E-state index is 12.3. The maximum Gasteiger partial charge on any atom is 0.219 e. The van der Waals surface area contributed by atoms with Crippen LogP contribution in [0.1, 0.15) is 37.4 Å². The van der Waals surface area contributed by atoms with Gasteiger partial charge in [0.1, 0.15) is 12.0 Å². The van der Waals surface area contributed by atoms with Gasteiger partial charge in [-0.25, -0.2) is 15.0 Å². The number of fused-ring (bicyclic) bond motifs is 1. The van der Waals surface area contributed by atoms with Crippen LogP contribution >= 0.6 is 0 Å². The van der Waals surface area contributed by atoms with E-state index >= 15 is 0 Å². The minimum absolute atomic E-state index is 0.115. The first-order chi connectivity index (χ1) is 13.7. The Hall–Kier alpha value is -2.80. The second-order valence-corrected chi connectivity index (χ2v) is 7.43. The third kappa shape index (κ3) is 4.20. The van der Waals surface area contributed by atoms with Gasteiger partial charge in [0.15, 0.2) is 0 Å². The van der Waals surface area contributed by atoms with Crippen LogP contribution in [0.4, 0.5) is 0 Å². The molecule has 0 aromatic carbocycles. The van der Waals surface area contributed by atoms with Crippen molar-refractivity contribution in [2.24, 2.45) is 0 Å². The van der Waals surface area contributed by atoms with Crippen molar-refractivity contribution in [2.75, 3.05) is 13.1 Å². The lowest BCUT2D eigenvalue weighted by Gasteiger charge is -2.30. The van der Waals surface area contributed by atoms with Crippen LogP contribution < -0.4 is 0 Å². The zero-order valence-corrected chi connectivity index (χ0v) is 16.2. The number of imidazole rings is 1. The second-order valence-electron chi connectivity index (χ2n) is 7.43. The second kappa shape index (κ2) is 8.48. The summed E-state index contributed by atoms with van der Waals surface area (Å²) in [6, 6.07) is 6.33. The smallest absolute Gasteiger partial charge is 0.219 e. The highest BCUT2D eigenvalue weighted by Gasteiger charge is 2.25.